The molecule has 0 radical (unpaired) electrons. The second-order valence-corrected chi connectivity index (χ2v) is 6.10. The van der Waals surface area contributed by atoms with E-state index in [2.05, 4.69) is 22.0 Å². The van der Waals surface area contributed by atoms with E-state index in [0.717, 1.165) is 40.6 Å². The highest BCUT2D eigenvalue weighted by atomic mass is 79.9. The lowest BCUT2D eigenvalue weighted by Gasteiger charge is -2.22. The maximum Gasteiger partial charge on any atom is 0.120 e. The van der Waals surface area contributed by atoms with E-state index < -0.39 is 0 Å². The van der Waals surface area contributed by atoms with Crippen LogP contribution in [0.15, 0.2) is 46.9 Å². The summed E-state index contributed by atoms with van der Waals surface area (Å²) in [5.74, 6) is 0.826. The second-order valence-electron chi connectivity index (χ2n) is 5.18. The number of benzene rings is 2. The Balaban J connectivity index is 1.72. The molecule has 0 amide bonds. The molecule has 0 aromatic heterocycles. The summed E-state index contributed by atoms with van der Waals surface area (Å²) in [5, 5.41) is 10.0. The minimum absolute atomic E-state index is 0.338. The zero-order valence-corrected chi connectivity index (χ0v) is 12.8. The Morgan fingerprint density at radius 2 is 1.95 bits per heavy atom. The van der Waals surface area contributed by atoms with Crippen LogP contribution in [-0.4, -0.2) is 5.11 Å². The predicted molar refractivity (Wildman–Crippen MR) is 82.8 cm³/mol. The molecule has 20 heavy (non-hydrogen) atoms. The van der Waals surface area contributed by atoms with Crippen molar-refractivity contribution in [2.24, 2.45) is 0 Å². The first-order chi connectivity index (χ1) is 9.72. The van der Waals surface area contributed by atoms with Gasteiger partial charge in [0.25, 0.3) is 0 Å². The maximum absolute atomic E-state index is 10.0. The van der Waals surface area contributed by atoms with E-state index in [-0.39, 0.29) is 6.10 Å². The number of aryl methyl sites for hydroxylation is 1. The molecule has 0 fully saturated rings. The fraction of sp³-hybridized carbons (Fsp3) is 0.294. The van der Waals surface area contributed by atoms with Gasteiger partial charge in [-0.3, -0.25) is 0 Å². The first-order valence-corrected chi connectivity index (χ1v) is 7.70. The number of fused-ring (bicyclic) bond motifs is 1. The summed E-state index contributed by atoms with van der Waals surface area (Å²) >= 11 is 3.42. The Morgan fingerprint density at radius 1 is 1.15 bits per heavy atom. The summed E-state index contributed by atoms with van der Waals surface area (Å²) in [6.45, 7) is 0.544. The van der Waals surface area contributed by atoms with Crippen molar-refractivity contribution in [2.45, 2.75) is 32.0 Å². The van der Waals surface area contributed by atoms with E-state index in [1.54, 1.807) is 0 Å². The molecule has 1 aliphatic rings. The fourth-order valence-electron chi connectivity index (χ4n) is 2.59. The third kappa shape index (κ3) is 3.05. The first kappa shape index (κ1) is 13.7. The second kappa shape index (κ2) is 5.98. The van der Waals surface area contributed by atoms with Crippen LogP contribution in [-0.2, 0) is 13.0 Å². The average Bonchev–Trinajstić information content (AvgIpc) is 2.47. The van der Waals surface area contributed by atoms with Crippen LogP contribution < -0.4 is 4.74 Å². The highest BCUT2D eigenvalue weighted by molar-refractivity contribution is 9.10. The van der Waals surface area contributed by atoms with Gasteiger partial charge in [-0.15, -0.1) is 0 Å². The van der Waals surface area contributed by atoms with Gasteiger partial charge in [0.1, 0.15) is 12.4 Å². The molecule has 0 bridgehead atoms. The number of aliphatic hydroxyl groups is 1. The zero-order chi connectivity index (χ0) is 13.9. The molecule has 104 valence electrons. The predicted octanol–water partition coefficient (Wildman–Crippen LogP) is 4.40. The lowest BCUT2D eigenvalue weighted by atomic mass is 9.89. The third-order valence-electron chi connectivity index (χ3n) is 3.72. The molecule has 0 aliphatic heterocycles. The number of halogens is 1. The average molecular weight is 333 g/mol. The summed E-state index contributed by atoms with van der Waals surface area (Å²) < 4.78 is 6.89. The summed E-state index contributed by atoms with van der Waals surface area (Å²) in [6.07, 6.45) is 2.63. The molecule has 0 heterocycles. The van der Waals surface area contributed by atoms with E-state index in [1.807, 2.05) is 36.4 Å². The monoisotopic (exact) mass is 332 g/mol. The molecule has 0 spiro atoms. The molecule has 0 saturated carbocycles. The standard InChI is InChI=1S/C17H17BrO2/c18-14-7-4-12(5-8-14)11-20-15-9-6-13-2-1-3-17(19)16(13)10-15/h4-10,17,19H,1-3,11H2/t17-/m0/s1. The quantitative estimate of drug-likeness (QED) is 0.902. The number of hydrogen-bond acceptors (Lipinski definition) is 2. The van der Waals surface area contributed by atoms with Crippen LogP contribution in [0.3, 0.4) is 0 Å². The van der Waals surface area contributed by atoms with Crippen molar-refractivity contribution in [3.8, 4) is 5.75 Å². The molecule has 1 atom stereocenters. The first-order valence-electron chi connectivity index (χ1n) is 6.90. The lowest BCUT2D eigenvalue weighted by molar-refractivity contribution is 0.156. The normalized spacial score (nSPS) is 17.6. The van der Waals surface area contributed by atoms with Crippen LogP contribution >= 0.6 is 15.9 Å². The Morgan fingerprint density at radius 3 is 2.75 bits per heavy atom. The summed E-state index contributed by atoms with van der Waals surface area (Å²) in [6, 6.07) is 14.2. The van der Waals surface area contributed by atoms with Gasteiger partial charge >= 0.3 is 0 Å². The van der Waals surface area contributed by atoms with E-state index in [0.29, 0.717) is 6.61 Å². The van der Waals surface area contributed by atoms with Gasteiger partial charge in [0.05, 0.1) is 6.10 Å². The van der Waals surface area contributed by atoms with Gasteiger partial charge in [-0.2, -0.15) is 0 Å². The van der Waals surface area contributed by atoms with E-state index >= 15 is 0 Å². The summed E-state index contributed by atoms with van der Waals surface area (Å²) in [7, 11) is 0. The highest BCUT2D eigenvalue weighted by Gasteiger charge is 2.18. The van der Waals surface area contributed by atoms with Crippen molar-refractivity contribution in [3.05, 3.63) is 63.6 Å². The van der Waals surface area contributed by atoms with Gasteiger partial charge in [0, 0.05) is 4.47 Å². The number of ether oxygens (including phenoxy) is 1. The Bertz CT molecular complexity index is 592. The number of hydrogen-bond donors (Lipinski definition) is 1. The van der Waals surface area contributed by atoms with Gasteiger partial charge < -0.3 is 9.84 Å². The molecule has 1 N–H and O–H groups in total. The van der Waals surface area contributed by atoms with Crippen LogP contribution in [0, 0.1) is 0 Å². The van der Waals surface area contributed by atoms with E-state index in [9.17, 15) is 5.11 Å². The maximum atomic E-state index is 10.0. The van der Waals surface area contributed by atoms with Gasteiger partial charge in [-0.05, 0) is 60.2 Å². The van der Waals surface area contributed by atoms with Gasteiger partial charge in [0.15, 0.2) is 0 Å². The molecule has 3 heteroatoms. The van der Waals surface area contributed by atoms with Crippen molar-refractivity contribution >= 4 is 15.9 Å². The van der Waals surface area contributed by atoms with Crippen molar-refractivity contribution in [1.29, 1.82) is 0 Å². The molecule has 0 unspecified atom stereocenters. The Hall–Kier alpha value is -1.32. The van der Waals surface area contributed by atoms with Crippen LogP contribution in [0.5, 0.6) is 5.75 Å². The molecule has 2 aromatic carbocycles. The molecular formula is C17H17BrO2. The van der Waals surface area contributed by atoms with Crippen LogP contribution in [0.4, 0.5) is 0 Å². The summed E-state index contributed by atoms with van der Waals surface area (Å²) in [5.41, 5.74) is 3.41. The topological polar surface area (TPSA) is 29.5 Å². The van der Waals surface area contributed by atoms with Crippen LogP contribution in [0.25, 0.3) is 0 Å². The van der Waals surface area contributed by atoms with Crippen molar-refractivity contribution in [2.75, 3.05) is 0 Å². The van der Waals surface area contributed by atoms with Crippen molar-refractivity contribution < 1.29 is 9.84 Å². The zero-order valence-electron chi connectivity index (χ0n) is 11.2. The lowest BCUT2D eigenvalue weighted by Crippen LogP contribution is -2.09. The van der Waals surface area contributed by atoms with Crippen LogP contribution in [0.1, 0.15) is 35.6 Å². The Kier molecular flexibility index (Phi) is 4.08. The minimum Gasteiger partial charge on any atom is -0.489 e. The van der Waals surface area contributed by atoms with E-state index in [1.165, 1.54) is 5.56 Å². The minimum atomic E-state index is -0.338. The Labute approximate surface area is 127 Å². The molecule has 2 aromatic rings. The van der Waals surface area contributed by atoms with Gasteiger partial charge in [-0.25, -0.2) is 0 Å². The van der Waals surface area contributed by atoms with Gasteiger partial charge in [0.2, 0.25) is 0 Å². The SMILES string of the molecule is O[C@H]1CCCc2ccc(OCc3ccc(Br)cc3)cc21. The summed E-state index contributed by atoms with van der Waals surface area (Å²) in [4.78, 5) is 0. The number of aliphatic hydroxyl groups excluding tert-OH is 1. The van der Waals surface area contributed by atoms with E-state index in [4.69, 9.17) is 4.74 Å². The molecular weight excluding hydrogens is 316 g/mol. The molecule has 3 rings (SSSR count). The van der Waals surface area contributed by atoms with Gasteiger partial charge in [-0.1, -0.05) is 34.1 Å². The van der Waals surface area contributed by atoms with Crippen molar-refractivity contribution in [3.63, 3.8) is 0 Å². The van der Waals surface area contributed by atoms with Crippen molar-refractivity contribution in [1.82, 2.24) is 0 Å². The fourth-order valence-corrected chi connectivity index (χ4v) is 2.85. The molecule has 1 aliphatic carbocycles. The highest BCUT2D eigenvalue weighted by Crippen LogP contribution is 2.32. The molecule has 2 nitrogen and oxygen atoms in total. The number of rotatable bonds is 3. The third-order valence-corrected chi connectivity index (χ3v) is 4.25. The smallest absolute Gasteiger partial charge is 0.120 e. The molecule has 0 saturated heterocycles. The van der Waals surface area contributed by atoms with Crippen LogP contribution in [0.2, 0.25) is 0 Å². The largest absolute Gasteiger partial charge is 0.489 e.